The van der Waals surface area contributed by atoms with Crippen LogP contribution >= 0.6 is 0 Å². The van der Waals surface area contributed by atoms with Crippen molar-refractivity contribution < 1.29 is 19.0 Å². The van der Waals surface area contributed by atoms with Gasteiger partial charge in [0.2, 0.25) is 5.88 Å². The summed E-state index contributed by atoms with van der Waals surface area (Å²) in [6.07, 6.45) is -0.0399. The minimum atomic E-state index is -0.910. The first-order valence-electron chi connectivity index (χ1n) is 4.46. The van der Waals surface area contributed by atoms with Crippen LogP contribution in [0.1, 0.15) is 25.0 Å². The first kappa shape index (κ1) is 11.4. The Labute approximate surface area is 86.7 Å². The maximum Gasteiger partial charge on any atom is 0.304 e. The first-order chi connectivity index (χ1) is 7.04. The Morgan fingerprint density at radius 1 is 1.67 bits per heavy atom. The molecule has 0 aliphatic rings. The van der Waals surface area contributed by atoms with Crippen molar-refractivity contribution in [1.29, 1.82) is 0 Å². The number of aromatic nitrogens is 1. The van der Waals surface area contributed by atoms with Gasteiger partial charge in [0.05, 0.1) is 13.5 Å². The van der Waals surface area contributed by atoms with Gasteiger partial charge in [-0.3, -0.25) is 4.79 Å². The number of carboxylic acid groups (broad SMARTS) is 1. The van der Waals surface area contributed by atoms with Crippen molar-refractivity contribution in [3.8, 4) is 5.88 Å². The molecule has 0 aliphatic heterocycles. The van der Waals surface area contributed by atoms with Crippen LogP contribution in [0.2, 0.25) is 0 Å². The van der Waals surface area contributed by atoms with Crippen molar-refractivity contribution in [3.63, 3.8) is 0 Å². The molecule has 1 aromatic heterocycles. The van der Waals surface area contributed by atoms with Gasteiger partial charge in [-0.15, -0.1) is 0 Å². The summed E-state index contributed by atoms with van der Waals surface area (Å²) in [5, 5.41) is 8.59. The fraction of sp³-hybridized carbons (Fsp3) is 0.400. The van der Waals surface area contributed by atoms with Crippen LogP contribution in [0.3, 0.4) is 0 Å². The van der Waals surface area contributed by atoms with E-state index in [1.807, 2.05) is 0 Å². The SMILES string of the molecule is COc1nc(C(C)CC(=O)O)ccc1F. The van der Waals surface area contributed by atoms with E-state index in [0.29, 0.717) is 5.69 Å². The van der Waals surface area contributed by atoms with Crippen molar-refractivity contribution in [2.24, 2.45) is 0 Å². The van der Waals surface area contributed by atoms with Gasteiger partial charge >= 0.3 is 5.97 Å². The fourth-order valence-corrected chi connectivity index (χ4v) is 1.22. The molecule has 82 valence electrons. The van der Waals surface area contributed by atoms with Gasteiger partial charge in [0.1, 0.15) is 0 Å². The molecule has 0 saturated heterocycles. The van der Waals surface area contributed by atoms with Crippen molar-refractivity contribution in [2.75, 3.05) is 7.11 Å². The zero-order valence-corrected chi connectivity index (χ0v) is 8.53. The van der Waals surface area contributed by atoms with Gasteiger partial charge in [0.25, 0.3) is 0 Å². The van der Waals surface area contributed by atoms with E-state index in [1.54, 1.807) is 6.92 Å². The second-order valence-electron chi connectivity index (χ2n) is 3.23. The lowest BCUT2D eigenvalue weighted by molar-refractivity contribution is -0.137. The Hall–Kier alpha value is -1.65. The van der Waals surface area contributed by atoms with E-state index in [1.165, 1.54) is 19.2 Å². The van der Waals surface area contributed by atoms with Crippen molar-refractivity contribution in [1.82, 2.24) is 4.98 Å². The molecule has 1 aromatic rings. The summed E-state index contributed by atoms with van der Waals surface area (Å²) in [6, 6.07) is 2.69. The Kier molecular flexibility index (Phi) is 3.60. The number of aliphatic carboxylic acids is 1. The van der Waals surface area contributed by atoms with Crippen LogP contribution in [-0.4, -0.2) is 23.2 Å². The van der Waals surface area contributed by atoms with Crippen LogP contribution in [-0.2, 0) is 4.79 Å². The number of carbonyl (C=O) groups is 1. The van der Waals surface area contributed by atoms with Gasteiger partial charge in [-0.1, -0.05) is 6.92 Å². The number of carboxylic acids is 1. The molecule has 0 amide bonds. The molecule has 0 aliphatic carbocycles. The van der Waals surface area contributed by atoms with E-state index < -0.39 is 11.8 Å². The summed E-state index contributed by atoms with van der Waals surface area (Å²) in [4.78, 5) is 14.4. The number of hydrogen-bond donors (Lipinski definition) is 1. The Balaban J connectivity index is 2.90. The van der Waals surface area contributed by atoms with E-state index in [0.717, 1.165) is 0 Å². The normalized spacial score (nSPS) is 12.2. The molecule has 0 radical (unpaired) electrons. The van der Waals surface area contributed by atoms with Crippen LogP contribution in [0.25, 0.3) is 0 Å². The highest BCUT2D eigenvalue weighted by Crippen LogP contribution is 2.21. The number of nitrogens with zero attached hydrogens (tertiary/aromatic N) is 1. The molecule has 1 N–H and O–H groups in total. The Morgan fingerprint density at radius 2 is 2.33 bits per heavy atom. The lowest BCUT2D eigenvalue weighted by atomic mass is 10.0. The number of methoxy groups -OCH3 is 1. The minimum absolute atomic E-state index is 0.0399. The quantitative estimate of drug-likeness (QED) is 0.828. The number of pyridine rings is 1. The third-order valence-corrected chi connectivity index (χ3v) is 2.01. The highest BCUT2D eigenvalue weighted by molar-refractivity contribution is 5.67. The number of hydrogen-bond acceptors (Lipinski definition) is 3. The van der Waals surface area contributed by atoms with Gasteiger partial charge in [-0.25, -0.2) is 9.37 Å². The van der Waals surface area contributed by atoms with Crippen LogP contribution < -0.4 is 4.74 Å². The average molecular weight is 213 g/mol. The van der Waals surface area contributed by atoms with E-state index in [9.17, 15) is 9.18 Å². The molecule has 1 unspecified atom stereocenters. The van der Waals surface area contributed by atoms with Gasteiger partial charge < -0.3 is 9.84 Å². The van der Waals surface area contributed by atoms with Crippen molar-refractivity contribution in [2.45, 2.75) is 19.3 Å². The van der Waals surface area contributed by atoms with Gasteiger partial charge in [0, 0.05) is 11.6 Å². The third-order valence-electron chi connectivity index (χ3n) is 2.01. The minimum Gasteiger partial charge on any atom is -0.481 e. The van der Waals surface area contributed by atoms with Gasteiger partial charge in [-0.2, -0.15) is 0 Å². The molecule has 1 rings (SSSR count). The predicted molar refractivity (Wildman–Crippen MR) is 51.4 cm³/mol. The standard InChI is InChI=1S/C10H12FNO3/c1-6(5-9(13)14)8-4-3-7(11)10(12-8)15-2/h3-4,6H,5H2,1-2H3,(H,13,14). The van der Waals surface area contributed by atoms with Crippen LogP contribution in [0.5, 0.6) is 5.88 Å². The second kappa shape index (κ2) is 4.72. The third kappa shape index (κ3) is 2.90. The molecule has 1 heterocycles. The summed E-state index contributed by atoms with van der Waals surface area (Å²) in [5.41, 5.74) is 0.510. The Morgan fingerprint density at radius 3 is 2.87 bits per heavy atom. The smallest absolute Gasteiger partial charge is 0.304 e. The second-order valence-corrected chi connectivity index (χ2v) is 3.23. The summed E-state index contributed by atoms with van der Waals surface area (Å²) in [6.45, 7) is 1.72. The lowest BCUT2D eigenvalue weighted by Gasteiger charge is -2.09. The first-order valence-corrected chi connectivity index (χ1v) is 4.46. The largest absolute Gasteiger partial charge is 0.481 e. The van der Waals surface area contributed by atoms with E-state index >= 15 is 0 Å². The van der Waals surface area contributed by atoms with E-state index in [2.05, 4.69) is 4.98 Å². The van der Waals surface area contributed by atoms with E-state index in [-0.39, 0.29) is 18.2 Å². The summed E-state index contributed by atoms with van der Waals surface area (Å²) in [7, 11) is 1.32. The van der Waals surface area contributed by atoms with Crippen LogP contribution in [0, 0.1) is 5.82 Å². The van der Waals surface area contributed by atoms with Crippen LogP contribution in [0.4, 0.5) is 4.39 Å². The molecule has 0 fully saturated rings. The predicted octanol–water partition coefficient (Wildman–Crippen LogP) is 1.81. The lowest BCUT2D eigenvalue weighted by Crippen LogP contribution is -2.06. The van der Waals surface area contributed by atoms with Gasteiger partial charge in [-0.05, 0) is 12.1 Å². The van der Waals surface area contributed by atoms with Crippen LogP contribution in [0.15, 0.2) is 12.1 Å². The molecule has 5 heteroatoms. The maximum atomic E-state index is 13.0. The monoisotopic (exact) mass is 213 g/mol. The fourth-order valence-electron chi connectivity index (χ4n) is 1.22. The van der Waals surface area contributed by atoms with Crippen molar-refractivity contribution >= 4 is 5.97 Å². The average Bonchev–Trinajstić information content (AvgIpc) is 2.17. The molecule has 4 nitrogen and oxygen atoms in total. The number of ether oxygens (including phenoxy) is 1. The molecule has 0 spiro atoms. The highest BCUT2D eigenvalue weighted by atomic mass is 19.1. The summed E-state index contributed by atoms with van der Waals surface area (Å²) in [5.74, 6) is -1.84. The summed E-state index contributed by atoms with van der Waals surface area (Å²) < 4.78 is 17.7. The molecular weight excluding hydrogens is 201 g/mol. The maximum absolute atomic E-state index is 13.0. The zero-order chi connectivity index (χ0) is 11.4. The topological polar surface area (TPSA) is 59.4 Å². The summed E-state index contributed by atoms with van der Waals surface area (Å²) >= 11 is 0. The van der Waals surface area contributed by atoms with E-state index in [4.69, 9.17) is 9.84 Å². The van der Waals surface area contributed by atoms with Crippen molar-refractivity contribution in [3.05, 3.63) is 23.6 Å². The molecule has 0 bridgehead atoms. The Bertz CT molecular complexity index is 368. The molecule has 0 aromatic carbocycles. The highest BCUT2D eigenvalue weighted by Gasteiger charge is 2.14. The molecule has 1 atom stereocenters. The molecule has 15 heavy (non-hydrogen) atoms. The number of halogens is 1. The van der Waals surface area contributed by atoms with Gasteiger partial charge in [0.15, 0.2) is 5.82 Å². The number of rotatable bonds is 4. The zero-order valence-electron chi connectivity index (χ0n) is 8.53. The molecular formula is C10H12FNO3. The molecule has 0 saturated carbocycles.